The van der Waals surface area contributed by atoms with Gasteiger partial charge in [-0.15, -0.1) is 0 Å². The zero-order chi connectivity index (χ0) is 30.5. The van der Waals surface area contributed by atoms with Crippen molar-refractivity contribution in [1.82, 2.24) is 10.2 Å². The number of nitrogens with zero attached hydrogens (tertiary/aromatic N) is 4. The van der Waals surface area contributed by atoms with Gasteiger partial charge in [-0.05, 0) is 84.5 Å². The number of anilines is 3. The summed E-state index contributed by atoms with van der Waals surface area (Å²) in [5, 5.41) is 9.75. The quantitative estimate of drug-likeness (QED) is 0.189. The van der Waals surface area contributed by atoms with Gasteiger partial charge in [0.25, 0.3) is 17.5 Å². The number of amides is 3. The Hall–Kier alpha value is -4.62. The Morgan fingerprint density at radius 1 is 1.05 bits per heavy atom. The number of halogens is 1. The number of carbonyl (C=O) groups is 3. The summed E-state index contributed by atoms with van der Waals surface area (Å²) < 4.78 is 13.3. The van der Waals surface area contributed by atoms with Gasteiger partial charge < -0.3 is 15.0 Å². The highest BCUT2D eigenvalue weighted by atomic mass is 79.9. The zero-order valence-corrected chi connectivity index (χ0v) is 25.7. The number of hydrogen-bond donors (Lipinski definition) is 2. The van der Waals surface area contributed by atoms with Crippen molar-refractivity contribution in [3.63, 3.8) is 0 Å². The molecule has 1 saturated heterocycles. The van der Waals surface area contributed by atoms with E-state index in [9.17, 15) is 14.4 Å². The molecule has 3 amide bonds. The summed E-state index contributed by atoms with van der Waals surface area (Å²) in [6.45, 7) is 2.41. The predicted molar refractivity (Wildman–Crippen MR) is 166 cm³/mol. The summed E-state index contributed by atoms with van der Waals surface area (Å²) in [7, 11) is 1.65. The second-order valence-corrected chi connectivity index (χ2v) is 10.9. The van der Waals surface area contributed by atoms with Crippen LogP contribution in [0.3, 0.4) is 0 Å². The molecule has 11 nitrogen and oxygen atoms in total. The number of rotatable bonds is 10. The Balaban J connectivity index is 1.43. The first kappa shape index (κ1) is 29.9. The van der Waals surface area contributed by atoms with Crippen LogP contribution in [0, 0.1) is 0 Å². The van der Waals surface area contributed by atoms with E-state index in [2.05, 4.69) is 31.8 Å². The third kappa shape index (κ3) is 6.73. The molecule has 1 atom stereocenters. The summed E-state index contributed by atoms with van der Waals surface area (Å²) >= 11 is 9.20. The van der Waals surface area contributed by atoms with Gasteiger partial charge in [0.1, 0.15) is 18.3 Å². The van der Waals surface area contributed by atoms with Crippen LogP contribution in [0.15, 0.2) is 87.9 Å². The van der Waals surface area contributed by atoms with Crippen LogP contribution in [0.5, 0.6) is 5.75 Å². The first-order valence-corrected chi connectivity index (χ1v) is 14.6. The topological polar surface area (TPSA) is 121 Å². The van der Waals surface area contributed by atoms with Gasteiger partial charge in [0.15, 0.2) is 12.2 Å². The summed E-state index contributed by atoms with van der Waals surface area (Å²) in [5.74, 6) is -0.367. The molecule has 0 radical (unpaired) electrons. The van der Waals surface area contributed by atoms with Crippen LogP contribution in [0.1, 0.15) is 29.4 Å². The highest BCUT2D eigenvalue weighted by Gasteiger charge is 2.46. The van der Waals surface area contributed by atoms with E-state index in [-0.39, 0.29) is 41.7 Å². The highest BCUT2D eigenvalue weighted by Crippen LogP contribution is 2.31. The van der Waals surface area contributed by atoms with Crippen molar-refractivity contribution in [2.75, 3.05) is 22.1 Å². The van der Waals surface area contributed by atoms with Crippen molar-refractivity contribution in [3.05, 3.63) is 94.6 Å². The first-order chi connectivity index (χ1) is 20.7. The number of aromatic nitrogens is 2. The van der Waals surface area contributed by atoms with E-state index >= 15 is 0 Å². The van der Waals surface area contributed by atoms with Crippen molar-refractivity contribution in [3.8, 4) is 5.75 Å². The minimum Gasteiger partial charge on any atom is -0.494 e. The van der Waals surface area contributed by atoms with Gasteiger partial charge in [0, 0.05) is 15.7 Å². The molecule has 43 heavy (non-hydrogen) atoms. The van der Waals surface area contributed by atoms with E-state index < -0.39 is 6.04 Å². The molecule has 0 saturated carbocycles. The van der Waals surface area contributed by atoms with Gasteiger partial charge in [0.05, 0.1) is 18.7 Å². The second-order valence-electron chi connectivity index (χ2n) is 9.58. The van der Waals surface area contributed by atoms with Crippen molar-refractivity contribution < 1.29 is 28.3 Å². The molecule has 4 aromatic rings. The lowest BCUT2D eigenvalue weighted by molar-refractivity contribution is -0.746. The van der Waals surface area contributed by atoms with E-state index in [1.807, 2.05) is 25.1 Å². The fourth-order valence-electron chi connectivity index (χ4n) is 4.58. The van der Waals surface area contributed by atoms with Crippen molar-refractivity contribution in [2.45, 2.75) is 25.9 Å². The first-order valence-electron chi connectivity index (χ1n) is 13.4. The molecule has 1 aliphatic rings. The van der Waals surface area contributed by atoms with E-state index in [0.29, 0.717) is 35.0 Å². The third-order valence-electron chi connectivity index (χ3n) is 6.72. The molecule has 1 unspecified atom stereocenters. The molecule has 0 bridgehead atoms. The summed E-state index contributed by atoms with van der Waals surface area (Å²) in [5.41, 5.74) is 2.01. The average molecular weight is 665 g/mol. The Morgan fingerprint density at radius 3 is 2.42 bits per heavy atom. The molecule has 0 aliphatic carbocycles. The fraction of sp³-hybridized carbons (Fsp3) is 0.200. The standard InChI is InChI=1S/C30H27BrN6O5S/c1-3-41-23-15-13-22(14-16-23)37-29(40)24(17-26(38)32-21-11-9-20(31)10-12-21)36(30(37)43)18-25-28(42-34-35(25)2)33-27(39)19-7-5-4-6-8-19/h4-16,24H,3,17-18H2,1-2H3,(H-,32,33,34,38,39)/p+1. The van der Waals surface area contributed by atoms with Crippen molar-refractivity contribution in [1.29, 1.82) is 0 Å². The molecule has 1 aliphatic heterocycles. The van der Waals surface area contributed by atoms with Crippen LogP contribution >= 0.6 is 28.1 Å². The van der Waals surface area contributed by atoms with Gasteiger partial charge in [-0.3, -0.25) is 29.1 Å². The van der Waals surface area contributed by atoms with Gasteiger partial charge in [0.2, 0.25) is 11.2 Å². The molecular weight excluding hydrogens is 636 g/mol. The summed E-state index contributed by atoms with van der Waals surface area (Å²) in [6.07, 6.45) is -0.177. The van der Waals surface area contributed by atoms with E-state index in [1.54, 1.807) is 72.6 Å². The van der Waals surface area contributed by atoms with Crippen LogP contribution < -0.4 is 25.0 Å². The lowest BCUT2D eigenvalue weighted by atomic mass is 10.1. The maximum Gasteiger partial charge on any atom is 0.307 e. The van der Waals surface area contributed by atoms with Gasteiger partial charge >= 0.3 is 5.88 Å². The Morgan fingerprint density at radius 2 is 1.74 bits per heavy atom. The number of nitrogens with one attached hydrogen (secondary N) is 2. The molecule has 5 rings (SSSR count). The monoisotopic (exact) mass is 663 g/mol. The Labute approximate surface area is 261 Å². The van der Waals surface area contributed by atoms with E-state index in [1.165, 1.54) is 9.58 Å². The second kappa shape index (κ2) is 13.1. The van der Waals surface area contributed by atoms with Gasteiger partial charge in [-0.25, -0.2) is 0 Å². The minimum absolute atomic E-state index is 0.0265. The fourth-order valence-corrected chi connectivity index (χ4v) is 5.23. The smallest absolute Gasteiger partial charge is 0.307 e. The number of ether oxygens (including phenoxy) is 1. The highest BCUT2D eigenvalue weighted by molar-refractivity contribution is 9.10. The molecule has 1 fully saturated rings. The molecular formula is C30H28BrN6O5S+. The minimum atomic E-state index is -0.943. The molecule has 0 spiro atoms. The van der Waals surface area contributed by atoms with Crippen molar-refractivity contribution in [2.24, 2.45) is 7.05 Å². The lowest BCUT2D eigenvalue weighted by Crippen LogP contribution is -2.43. The van der Waals surface area contributed by atoms with Gasteiger partial charge in [-0.2, -0.15) is 0 Å². The predicted octanol–water partition coefficient (Wildman–Crippen LogP) is 4.44. The largest absolute Gasteiger partial charge is 0.494 e. The van der Waals surface area contributed by atoms with Gasteiger partial charge in [-0.1, -0.05) is 34.1 Å². The number of hydrogen-bond acceptors (Lipinski definition) is 7. The van der Waals surface area contributed by atoms with Crippen LogP contribution in [0.4, 0.5) is 17.3 Å². The van der Waals surface area contributed by atoms with Crippen LogP contribution in [0.2, 0.25) is 0 Å². The van der Waals surface area contributed by atoms with Crippen LogP contribution in [-0.4, -0.2) is 45.7 Å². The Bertz CT molecular complexity index is 1650. The number of carbonyl (C=O) groups excluding carboxylic acids is 3. The molecule has 2 heterocycles. The van der Waals surface area contributed by atoms with Crippen LogP contribution in [-0.2, 0) is 23.2 Å². The summed E-state index contributed by atoms with van der Waals surface area (Å²) in [4.78, 5) is 43.0. The molecule has 1 aromatic heterocycles. The molecule has 220 valence electrons. The summed E-state index contributed by atoms with van der Waals surface area (Å²) in [6, 6.07) is 21.8. The Kier molecular flexibility index (Phi) is 9.12. The van der Waals surface area contributed by atoms with Crippen molar-refractivity contribution >= 4 is 68.2 Å². The molecule has 2 N–H and O–H groups in total. The maximum absolute atomic E-state index is 13.9. The SMILES string of the molecule is CCOc1ccc(N2C(=O)C(CC(=O)Nc3ccc(Br)cc3)N(Cc3c(NC(=O)c4ccccc4)on[n+]3C)C2=S)cc1. The number of thiocarbonyl (C=S) groups is 1. The zero-order valence-electron chi connectivity index (χ0n) is 23.3. The average Bonchev–Trinajstić information content (AvgIpc) is 3.46. The number of aryl methyl sites for hydroxylation is 1. The molecule has 13 heteroatoms. The van der Waals surface area contributed by atoms with E-state index in [4.69, 9.17) is 21.5 Å². The third-order valence-corrected chi connectivity index (χ3v) is 7.67. The molecule has 3 aromatic carbocycles. The number of benzene rings is 3. The maximum atomic E-state index is 13.9. The lowest BCUT2D eigenvalue weighted by Gasteiger charge is -2.22. The van der Waals surface area contributed by atoms with Crippen LogP contribution in [0.25, 0.3) is 0 Å². The van der Waals surface area contributed by atoms with E-state index in [0.717, 1.165) is 4.47 Å². The normalized spacial score (nSPS) is 14.6.